The highest BCUT2D eigenvalue weighted by Crippen LogP contribution is 2.35. The summed E-state index contributed by atoms with van der Waals surface area (Å²) in [5, 5.41) is 21.3. The molecule has 0 fully saturated rings. The fourth-order valence-electron chi connectivity index (χ4n) is 2.65. The second-order valence-electron chi connectivity index (χ2n) is 5.34. The minimum absolute atomic E-state index is 0.168. The van der Waals surface area contributed by atoms with E-state index in [-0.39, 0.29) is 21.4 Å². The van der Waals surface area contributed by atoms with Gasteiger partial charge in [0.15, 0.2) is 10.3 Å². The average Bonchev–Trinajstić information content (AvgIpc) is 2.66. The molecule has 0 unspecified atom stereocenters. The molecule has 3 rings (SSSR count). The van der Waals surface area contributed by atoms with Crippen molar-refractivity contribution in [2.75, 3.05) is 12.5 Å². The molecule has 0 aliphatic heterocycles. The van der Waals surface area contributed by atoms with E-state index in [4.69, 9.17) is 0 Å². The number of hydrogen-bond acceptors (Lipinski definition) is 9. The largest absolute Gasteiger partial charge is 0.493 e. The predicted molar refractivity (Wildman–Crippen MR) is 102 cm³/mol. The summed E-state index contributed by atoms with van der Waals surface area (Å²) in [6.45, 7) is 0. The number of hydrogen-bond donors (Lipinski definition) is 4. The van der Waals surface area contributed by atoms with E-state index in [1.54, 1.807) is 24.6 Å². The zero-order valence-corrected chi connectivity index (χ0v) is 15.9. The monoisotopic (exact) mass is 405 g/mol. The number of aromatic nitrogens is 5. The molecule has 3 aromatic heterocycles. The van der Waals surface area contributed by atoms with Crippen LogP contribution < -0.4 is 11.1 Å². The number of nitrogens with one attached hydrogen (secondary N) is 2. The molecular formula is C16H15N5O4S2. The molecule has 0 atom stereocenters. The first-order valence-corrected chi connectivity index (χ1v) is 10.1. The molecule has 0 amide bonds. The van der Waals surface area contributed by atoms with Crippen LogP contribution in [0.25, 0.3) is 0 Å². The number of aromatic hydroxyl groups is 2. The molecule has 27 heavy (non-hydrogen) atoms. The normalized spacial score (nSPS) is 11.1. The van der Waals surface area contributed by atoms with Crippen LogP contribution in [-0.2, 0) is 0 Å². The maximum Gasteiger partial charge on any atom is 0.259 e. The summed E-state index contributed by atoms with van der Waals surface area (Å²) in [5.41, 5.74) is -1.12. The molecule has 0 aliphatic rings. The smallest absolute Gasteiger partial charge is 0.259 e. The third-order valence-corrected chi connectivity index (χ3v) is 4.99. The van der Waals surface area contributed by atoms with Gasteiger partial charge in [0.2, 0.25) is 11.8 Å². The molecule has 9 nitrogen and oxygen atoms in total. The van der Waals surface area contributed by atoms with Gasteiger partial charge in [0.25, 0.3) is 11.1 Å². The second-order valence-corrected chi connectivity index (χ2v) is 6.93. The van der Waals surface area contributed by atoms with Crippen molar-refractivity contribution in [2.45, 2.75) is 16.2 Å². The Labute approximate surface area is 161 Å². The first-order chi connectivity index (χ1) is 13.0. The zero-order chi connectivity index (χ0) is 19.6. The molecule has 0 radical (unpaired) electrons. The lowest BCUT2D eigenvalue weighted by molar-refractivity contribution is 0.424. The van der Waals surface area contributed by atoms with Crippen molar-refractivity contribution < 1.29 is 10.2 Å². The highest BCUT2D eigenvalue weighted by Gasteiger charge is 2.30. The van der Waals surface area contributed by atoms with Crippen molar-refractivity contribution in [3.05, 3.63) is 61.9 Å². The quantitative estimate of drug-likeness (QED) is 0.364. The van der Waals surface area contributed by atoms with Crippen molar-refractivity contribution in [3.63, 3.8) is 0 Å². The van der Waals surface area contributed by atoms with Gasteiger partial charge in [0, 0.05) is 12.4 Å². The molecule has 0 aliphatic carbocycles. The Morgan fingerprint density at radius 2 is 1.33 bits per heavy atom. The Hall–Kier alpha value is -2.79. The van der Waals surface area contributed by atoms with E-state index in [0.717, 1.165) is 23.5 Å². The lowest BCUT2D eigenvalue weighted by atomic mass is 9.87. The Bertz CT molecular complexity index is 1020. The zero-order valence-electron chi connectivity index (χ0n) is 14.3. The van der Waals surface area contributed by atoms with E-state index in [2.05, 4.69) is 24.9 Å². The molecule has 0 aromatic carbocycles. The first-order valence-electron chi connectivity index (χ1n) is 7.60. The number of aromatic amines is 2. The predicted octanol–water partition coefficient (Wildman–Crippen LogP) is 1.28. The molecule has 4 N–H and O–H groups in total. The Kier molecular flexibility index (Phi) is 5.51. The highest BCUT2D eigenvalue weighted by atomic mass is 32.2. The molecular weight excluding hydrogens is 390 g/mol. The second kappa shape index (κ2) is 7.84. The van der Waals surface area contributed by atoms with E-state index in [1.807, 2.05) is 0 Å². The topological polar surface area (TPSA) is 145 Å². The van der Waals surface area contributed by atoms with Crippen molar-refractivity contribution in [1.29, 1.82) is 0 Å². The van der Waals surface area contributed by atoms with Crippen LogP contribution in [0.5, 0.6) is 11.8 Å². The number of rotatable bonds is 5. The van der Waals surface area contributed by atoms with Crippen molar-refractivity contribution in [2.24, 2.45) is 0 Å². The average molecular weight is 405 g/mol. The SMILES string of the molecule is CSc1nc(O)c(C(c2ccncc2)c2c(O)nc(SC)[nH]c2=O)c(=O)[nH]1. The number of thioether (sulfide) groups is 2. The van der Waals surface area contributed by atoms with Crippen LogP contribution in [0.15, 0.2) is 44.4 Å². The summed E-state index contributed by atoms with van der Waals surface area (Å²) in [6, 6.07) is 3.15. The van der Waals surface area contributed by atoms with Gasteiger partial charge in [-0.2, -0.15) is 9.97 Å². The van der Waals surface area contributed by atoms with Crippen LogP contribution in [-0.4, -0.2) is 47.6 Å². The van der Waals surface area contributed by atoms with Gasteiger partial charge in [0.05, 0.1) is 17.0 Å². The van der Waals surface area contributed by atoms with Crippen LogP contribution in [0.4, 0.5) is 0 Å². The standard InChI is InChI=1S/C16H15N5O4S2/c1-26-15-18-11(22)9(12(23)19-15)8(7-3-5-17-6-4-7)10-13(24)20-16(27-2)21-14(10)25/h3-6,8H,1-2H3,(H2,18,19,22,23)(H2,20,21,24,25). The summed E-state index contributed by atoms with van der Waals surface area (Å²) in [7, 11) is 0. The number of nitrogens with zero attached hydrogens (tertiary/aromatic N) is 3. The molecule has 0 spiro atoms. The van der Waals surface area contributed by atoms with Crippen LogP contribution in [0.1, 0.15) is 22.6 Å². The van der Waals surface area contributed by atoms with Gasteiger partial charge in [-0.25, -0.2) is 0 Å². The molecule has 11 heteroatoms. The molecule has 3 aromatic rings. The van der Waals surface area contributed by atoms with E-state index >= 15 is 0 Å². The van der Waals surface area contributed by atoms with Crippen LogP contribution in [0.3, 0.4) is 0 Å². The van der Waals surface area contributed by atoms with Crippen LogP contribution >= 0.6 is 23.5 Å². The maximum absolute atomic E-state index is 12.7. The third kappa shape index (κ3) is 3.69. The lowest BCUT2D eigenvalue weighted by Crippen LogP contribution is -2.25. The third-order valence-electron chi connectivity index (χ3n) is 3.83. The molecule has 3 heterocycles. The lowest BCUT2D eigenvalue weighted by Gasteiger charge is -2.18. The van der Waals surface area contributed by atoms with E-state index in [9.17, 15) is 19.8 Å². The van der Waals surface area contributed by atoms with E-state index in [0.29, 0.717) is 5.56 Å². The fraction of sp³-hybridized carbons (Fsp3) is 0.188. The molecule has 140 valence electrons. The Morgan fingerprint density at radius 1 is 0.889 bits per heavy atom. The van der Waals surface area contributed by atoms with Gasteiger partial charge in [0.1, 0.15) is 0 Å². The van der Waals surface area contributed by atoms with Gasteiger partial charge < -0.3 is 20.2 Å². The summed E-state index contributed by atoms with van der Waals surface area (Å²) in [4.78, 5) is 42.2. The maximum atomic E-state index is 12.7. The van der Waals surface area contributed by atoms with E-state index in [1.165, 1.54) is 12.4 Å². The number of H-pyrrole nitrogens is 2. The van der Waals surface area contributed by atoms with Crippen molar-refractivity contribution in [1.82, 2.24) is 24.9 Å². The van der Waals surface area contributed by atoms with Crippen molar-refractivity contribution >= 4 is 23.5 Å². The van der Waals surface area contributed by atoms with Crippen molar-refractivity contribution in [3.8, 4) is 11.8 Å². The Balaban J connectivity index is 2.34. The fourth-order valence-corrected chi connectivity index (χ4v) is 3.39. The Morgan fingerprint density at radius 3 is 1.70 bits per heavy atom. The molecule has 0 saturated heterocycles. The summed E-state index contributed by atoms with van der Waals surface area (Å²) < 4.78 is 0. The summed E-state index contributed by atoms with van der Waals surface area (Å²) >= 11 is 2.30. The van der Waals surface area contributed by atoms with Gasteiger partial charge in [-0.05, 0) is 30.2 Å². The van der Waals surface area contributed by atoms with Crippen LogP contribution in [0, 0.1) is 0 Å². The van der Waals surface area contributed by atoms with E-state index < -0.39 is 28.8 Å². The molecule has 0 saturated carbocycles. The van der Waals surface area contributed by atoms with Crippen LogP contribution in [0.2, 0.25) is 0 Å². The summed E-state index contributed by atoms with van der Waals surface area (Å²) in [6.07, 6.45) is 6.34. The van der Waals surface area contributed by atoms with Gasteiger partial charge in [-0.3, -0.25) is 14.6 Å². The first kappa shape index (κ1) is 19.0. The minimum atomic E-state index is -1.09. The minimum Gasteiger partial charge on any atom is -0.493 e. The number of pyridine rings is 1. The highest BCUT2D eigenvalue weighted by molar-refractivity contribution is 7.98. The summed E-state index contributed by atoms with van der Waals surface area (Å²) in [5.74, 6) is -2.15. The van der Waals surface area contributed by atoms with Gasteiger partial charge in [-0.1, -0.05) is 23.5 Å². The van der Waals surface area contributed by atoms with Gasteiger partial charge in [-0.15, -0.1) is 0 Å². The van der Waals surface area contributed by atoms with Gasteiger partial charge >= 0.3 is 0 Å². The molecule has 0 bridgehead atoms.